The third-order valence-electron chi connectivity index (χ3n) is 5.36. The van der Waals surface area contributed by atoms with E-state index in [4.69, 9.17) is 13.9 Å². The van der Waals surface area contributed by atoms with Gasteiger partial charge in [-0.25, -0.2) is 0 Å². The lowest BCUT2D eigenvalue weighted by Crippen LogP contribution is -2.62. The Hall–Kier alpha value is -2.61. The molecule has 3 fully saturated rings. The quantitative estimate of drug-likeness (QED) is 0.875. The van der Waals surface area contributed by atoms with Crippen LogP contribution in [0.15, 0.2) is 28.7 Å². The summed E-state index contributed by atoms with van der Waals surface area (Å²) >= 11 is 0. The number of amides is 1. The molecule has 3 aliphatic heterocycles. The highest BCUT2D eigenvalue weighted by Gasteiger charge is 2.40. The van der Waals surface area contributed by atoms with E-state index >= 15 is 0 Å². The van der Waals surface area contributed by atoms with E-state index < -0.39 is 0 Å². The standard InChI is InChI=1S/C18H22N4O4/c1-11-15(12-7-9-22(11)10-8-12)19-16(23)13-3-5-14(6-4-13)25-18-21-20-17(24-2)26-18/h3-6,11-12,15H,7-10H2,1-2H3,(H,19,23). The first-order valence-electron chi connectivity index (χ1n) is 8.84. The number of carbonyl (C=O) groups excluding carboxylic acids is 1. The lowest BCUT2D eigenvalue weighted by Gasteiger charge is -2.49. The van der Waals surface area contributed by atoms with Crippen LogP contribution in [0, 0.1) is 5.92 Å². The highest BCUT2D eigenvalue weighted by Crippen LogP contribution is 2.32. The van der Waals surface area contributed by atoms with Crippen LogP contribution in [0.2, 0.25) is 0 Å². The van der Waals surface area contributed by atoms with Gasteiger partial charge in [0.1, 0.15) is 5.75 Å². The number of fused-ring (bicyclic) bond motifs is 3. The van der Waals surface area contributed by atoms with E-state index in [9.17, 15) is 4.79 Å². The molecule has 4 heterocycles. The number of nitrogens with one attached hydrogen (secondary N) is 1. The van der Waals surface area contributed by atoms with Gasteiger partial charge in [0.15, 0.2) is 0 Å². The SMILES string of the molecule is COc1nnc(Oc2ccc(C(=O)NC3C4CCN(CC4)C3C)cc2)o1. The van der Waals surface area contributed by atoms with E-state index in [2.05, 4.69) is 27.3 Å². The fraction of sp³-hybridized carbons (Fsp3) is 0.500. The van der Waals surface area contributed by atoms with E-state index in [1.54, 1.807) is 24.3 Å². The molecule has 1 N–H and O–H groups in total. The summed E-state index contributed by atoms with van der Waals surface area (Å²) in [6.45, 7) is 4.49. The molecule has 0 aliphatic carbocycles. The van der Waals surface area contributed by atoms with Gasteiger partial charge >= 0.3 is 12.2 Å². The molecular formula is C18H22N4O4. The zero-order valence-electron chi connectivity index (χ0n) is 14.8. The molecule has 5 rings (SSSR count). The Labute approximate surface area is 151 Å². The number of benzene rings is 1. The maximum Gasteiger partial charge on any atom is 0.422 e. The fourth-order valence-electron chi connectivity index (χ4n) is 3.88. The fourth-order valence-corrected chi connectivity index (χ4v) is 3.88. The molecule has 2 atom stereocenters. The molecule has 2 aromatic rings. The normalized spacial score (nSPS) is 27.2. The van der Waals surface area contributed by atoms with Crippen LogP contribution in [0.25, 0.3) is 0 Å². The molecule has 0 saturated carbocycles. The van der Waals surface area contributed by atoms with Gasteiger partial charge < -0.3 is 19.2 Å². The van der Waals surface area contributed by atoms with Gasteiger partial charge in [-0.3, -0.25) is 9.69 Å². The molecule has 1 aromatic heterocycles. The molecule has 3 aliphatic rings. The van der Waals surface area contributed by atoms with Gasteiger partial charge in [-0.15, -0.1) is 0 Å². The number of piperidine rings is 3. The molecule has 1 amide bonds. The largest absolute Gasteiger partial charge is 0.452 e. The molecule has 26 heavy (non-hydrogen) atoms. The molecular weight excluding hydrogens is 336 g/mol. The number of nitrogens with zero attached hydrogens (tertiary/aromatic N) is 3. The number of hydrogen-bond donors (Lipinski definition) is 1. The molecule has 138 valence electrons. The number of ether oxygens (including phenoxy) is 2. The number of methoxy groups -OCH3 is 1. The highest BCUT2D eigenvalue weighted by atomic mass is 16.7. The van der Waals surface area contributed by atoms with Gasteiger partial charge in [-0.2, -0.15) is 0 Å². The van der Waals surface area contributed by atoms with Crippen molar-refractivity contribution in [1.82, 2.24) is 20.4 Å². The molecule has 8 nitrogen and oxygen atoms in total. The third kappa shape index (κ3) is 3.24. The van der Waals surface area contributed by atoms with Gasteiger partial charge in [0.2, 0.25) is 0 Å². The van der Waals surface area contributed by atoms with E-state index in [-0.39, 0.29) is 24.1 Å². The topological polar surface area (TPSA) is 89.7 Å². The Bertz CT molecular complexity index is 766. The monoisotopic (exact) mass is 358 g/mol. The summed E-state index contributed by atoms with van der Waals surface area (Å²) in [5, 5.41) is 10.6. The summed E-state index contributed by atoms with van der Waals surface area (Å²) in [6, 6.07) is 7.46. The summed E-state index contributed by atoms with van der Waals surface area (Å²) in [7, 11) is 1.43. The van der Waals surface area contributed by atoms with Crippen molar-refractivity contribution in [3.63, 3.8) is 0 Å². The Morgan fingerprint density at radius 3 is 2.50 bits per heavy atom. The number of hydrogen-bond acceptors (Lipinski definition) is 7. The average molecular weight is 358 g/mol. The number of carbonyl (C=O) groups is 1. The summed E-state index contributed by atoms with van der Waals surface area (Å²) in [5.41, 5.74) is 0.601. The molecule has 0 radical (unpaired) electrons. The molecule has 0 spiro atoms. The third-order valence-corrected chi connectivity index (χ3v) is 5.36. The van der Waals surface area contributed by atoms with E-state index in [0.717, 1.165) is 25.9 Å². The van der Waals surface area contributed by atoms with Crippen LogP contribution in [0.1, 0.15) is 30.1 Å². The van der Waals surface area contributed by atoms with Crippen LogP contribution >= 0.6 is 0 Å². The summed E-state index contributed by atoms with van der Waals surface area (Å²) < 4.78 is 15.4. The lowest BCUT2D eigenvalue weighted by atomic mass is 9.79. The van der Waals surface area contributed by atoms with Crippen molar-refractivity contribution in [3.8, 4) is 17.9 Å². The van der Waals surface area contributed by atoms with Crippen molar-refractivity contribution in [2.24, 2.45) is 5.92 Å². The second-order valence-electron chi connectivity index (χ2n) is 6.78. The minimum atomic E-state index is -0.0541. The van der Waals surface area contributed by atoms with Gasteiger partial charge in [-0.05, 0) is 63.0 Å². The van der Waals surface area contributed by atoms with Crippen molar-refractivity contribution in [2.75, 3.05) is 20.2 Å². The van der Waals surface area contributed by atoms with Crippen LogP contribution < -0.4 is 14.8 Å². The number of rotatable bonds is 5. The van der Waals surface area contributed by atoms with Crippen LogP contribution in [-0.2, 0) is 0 Å². The van der Waals surface area contributed by atoms with Gasteiger partial charge in [0, 0.05) is 17.6 Å². The maximum absolute atomic E-state index is 12.6. The Kier molecular flexibility index (Phi) is 4.50. The minimum absolute atomic E-state index is 0.0137. The molecule has 8 heteroatoms. The van der Waals surface area contributed by atoms with Crippen LogP contribution in [0.5, 0.6) is 17.9 Å². The van der Waals surface area contributed by atoms with Crippen LogP contribution in [0.3, 0.4) is 0 Å². The van der Waals surface area contributed by atoms with Crippen LogP contribution in [0.4, 0.5) is 0 Å². The van der Waals surface area contributed by atoms with Crippen molar-refractivity contribution in [3.05, 3.63) is 29.8 Å². The van der Waals surface area contributed by atoms with Gasteiger partial charge in [0.25, 0.3) is 5.91 Å². The molecule has 1 aromatic carbocycles. The second-order valence-corrected chi connectivity index (χ2v) is 6.78. The average Bonchev–Trinajstić information content (AvgIpc) is 3.13. The van der Waals surface area contributed by atoms with Crippen molar-refractivity contribution in [1.29, 1.82) is 0 Å². The number of aromatic nitrogens is 2. The molecule has 2 unspecified atom stereocenters. The summed E-state index contributed by atoms with van der Waals surface area (Å²) in [5.74, 6) is 1.03. The molecule has 2 bridgehead atoms. The summed E-state index contributed by atoms with van der Waals surface area (Å²) in [4.78, 5) is 15.1. The zero-order valence-corrected chi connectivity index (χ0v) is 14.8. The van der Waals surface area contributed by atoms with Crippen molar-refractivity contribution >= 4 is 5.91 Å². The molecule has 3 saturated heterocycles. The first kappa shape index (κ1) is 16.8. The highest BCUT2D eigenvalue weighted by molar-refractivity contribution is 5.94. The van der Waals surface area contributed by atoms with Gasteiger partial charge in [0.05, 0.1) is 7.11 Å². The second kappa shape index (κ2) is 6.95. The first-order chi connectivity index (χ1) is 12.6. The van der Waals surface area contributed by atoms with E-state index in [1.165, 1.54) is 7.11 Å². The Morgan fingerprint density at radius 1 is 1.19 bits per heavy atom. The Morgan fingerprint density at radius 2 is 1.88 bits per heavy atom. The van der Waals surface area contributed by atoms with Crippen molar-refractivity contribution in [2.45, 2.75) is 31.8 Å². The van der Waals surface area contributed by atoms with Gasteiger partial charge in [-0.1, -0.05) is 10.2 Å². The van der Waals surface area contributed by atoms with E-state index in [0.29, 0.717) is 23.3 Å². The predicted molar refractivity (Wildman–Crippen MR) is 92.4 cm³/mol. The Balaban J connectivity index is 1.39. The minimum Gasteiger partial charge on any atom is -0.452 e. The lowest BCUT2D eigenvalue weighted by molar-refractivity contribution is 0.0217. The zero-order chi connectivity index (χ0) is 18.1. The smallest absolute Gasteiger partial charge is 0.422 e. The maximum atomic E-state index is 12.6. The van der Waals surface area contributed by atoms with E-state index in [1.807, 2.05) is 0 Å². The van der Waals surface area contributed by atoms with Crippen LogP contribution in [-0.4, -0.2) is 53.3 Å². The first-order valence-corrected chi connectivity index (χ1v) is 8.84. The van der Waals surface area contributed by atoms with Crippen molar-refractivity contribution < 1.29 is 18.7 Å². The summed E-state index contributed by atoms with van der Waals surface area (Å²) in [6.07, 6.45) is 2.34. The predicted octanol–water partition coefficient (Wildman–Crippen LogP) is 2.08.